The Labute approximate surface area is 65.1 Å². The van der Waals surface area contributed by atoms with Gasteiger partial charge in [0.25, 0.3) is 0 Å². The molecule has 2 N–H and O–H groups in total. The first-order valence-electron chi connectivity index (χ1n) is 3.99. The molecule has 0 radical (unpaired) electrons. The van der Waals surface area contributed by atoms with Crippen LogP contribution in [-0.4, -0.2) is 23.8 Å². The Kier molecular flexibility index (Phi) is 4.65. The molecular weight excluding hydrogens is 126 g/mol. The third-order valence-corrected chi connectivity index (χ3v) is 1.39. The van der Waals surface area contributed by atoms with E-state index in [9.17, 15) is 5.11 Å². The minimum absolute atomic E-state index is 0. The lowest BCUT2D eigenvalue weighted by Crippen LogP contribution is -2.22. The van der Waals surface area contributed by atoms with Crippen molar-refractivity contribution < 1.29 is 6.53 Å². The number of hydrogen-bond acceptors (Lipinski definition) is 2. The maximum Gasteiger partial charge on any atom is 0.0592 e. The Morgan fingerprint density at radius 1 is 1.50 bits per heavy atom. The summed E-state index contributed by atoms with van der Waals surface area (Å²) < 4.78 is 0. The molecule has 0 heterocycles. The van der Waals surface area contributed by atoms with Crippen molar-refractivity contribution in [1.82, 2.24) is 5.32 Å². The average molecular weight is 147 g/mol. The monoisotopic (exact) mass is 147 g/mol. The van der Waals surface area contributed by atoms with Gasteiger partial charge in [0.15, 0.2) is 0 Å². The summed E-state index contributed by atoms with van der Waals surface area (Å²) in [5.41, 5.74) is -0.491. The van der Waals surface area contributed by atoms with Crippen molar-refractivity contribution in [3.8, 4) is 0 Å². The van der Waals surface area contributed by atoms with Gasteiger partial charge in [-0.1, -0.05) is 6.92 Å². The lowest BCUT2D eigenvalue weighted by Gasteiger charge is -2.16. The highest BCUT2D eigenvalue weighted by molar-refractivity contribution is 4.64. The van der Waals surface area contributed by atoms with E-state index in [1.54, 1.807) is 0 Å². The summed E-state index contributed by atoms with van der Waals surface area (Å²) in [5.74, 6) is 0. The van der Waals surface area contributed by atoms with Crippen LogP contribution in [0.15, 0.2) is 0 Å². The molecule has 0 aromatic carbocycles. The van der Waals surface area contributed by atoms with Crippen LogP contribution in [0, 0.1) is 0 Å². The van der Waals surface area contributed by atoms with Gasteiger partial charge in [-0.25, -0.2) is 0 Å². The Morgan fingerprint density at radius 3 is 2.50 bits per heavy atom. The van der Waals surface area contributed by atoms with E-state index < -0.39 is 5.60 Å². The molecule has 0 aliphatic rings. The van der Waals surface area contributed by atoms with Gasteiger partial charge in [0.2, 0.25) is 0 Å². The summed E-state index contributed by atoms with van der Waals surface area (Å²) in [6.45, 7) is 7.81. The molecule has 0 aliphatic carbocycles. The van der Waals surface area contributed by atoms with Crippen molar-refractivity contribution in [2.45, 2.75) is 39.2 Å². The molecule has 0 amide bonds. The van der Waals surface area contributed by atoms with Crippen molar-refractivity contribution in [2.24, 2.45) is 0 Å². The molecule has 0 spiro atoms. The Hall–Kier alpha value is -0.0800. The van der Waals surface area contributed by atoms with Gasteiger partial charge in [-0.05, 0) is 39.8 Å². The molecular formula is C8H21NO. The molecule has 0 aromatic rings. The van der Waals surface area contributed by atoms with Crippen LogP contribution in [0.2, 0.25) is 0 Å². The predicted molar refractivity (Wildman–Crippen MR) is 46.2 cm³/mol. The van der Waals surface area contributed by atoms with Gasteiger partial charge in [0.05, 0.1) is 5.60 Å². The van der Waals surface area contributed by atoms with Crippen molar-refractivity contribution in [1.29, 1.82) is 0 Å². The number of rotatable bonds is 5. The van der Waals surface area contributed by atoms with E-state index in [2.05, 4.69) is 12.2 Å². The van der Waals surface area contributed by atoms with Gasteiger partial charge in [-0.15, -0.1) is 0 Å². The quantitative estimate of drug-likeness (QED) is 0.576. The highest BCUT2D eigenvalue weighted by atomic mass is 16.3. The minimum atomic E-state index is -0.491. The maximum atomic E-state index is 9.29. The molecule has 0 aliphatic heterocycles. The number of nitrogens with one attached hydrogen (secondary N) is 1. The zero-order valence-corrected chi connectivity index (χ0v) is 7.28. The maximum absolute atomic E-state index is 9.29. The smallest absolute Gasteiger partial charge is 0.0592 e. The molecule has 0 saturated heterocycles. The standard InChI is InChI=1S/C8H19NO.H2/c1-4-9-7-5-6-8(2,3)10;/h9-10H,4-7H2,1-3H3;1H. The molecule has 0 aromatic heterocycles. The Morgan fingerprint density at radius 2 is 2.10 bits per heavy atom. The van der Waals surface area contributed by atoms with E-state index in [-0.39, 0.29) is 1.43 Å². The molecule has 0 saturated carbocycles. The second-order valence-electron chi connectivity index (χ2n) is 3.27. The van der Waals surface area contributed by atoms with E-state index >= 15 is 0 Å². The van der Waals surface area contributed by atoms with Crippen molar-refractivity contribution in [3.63, 3.8) is 0 Å². The summed E-state index contributed by atoms with van der Waals surface area (Å²) >= 11 is 0. The zero-order chi connectivity index (χ0) is 8.04. The van der Waals surface area contributed by atoms with Crippen molar-refractivity contribution >= 4 is 0 Å². The summed E-state index contributed by atoms with van der Waals surface area (Å²) in [4.78, 5) is 0. The SMILES string of the molecule is CCNCCCC(C)(C)O.[HH]. The summed E-state index contributed by atoms with van der Waals surface area (Å²) in [6.07, 6.45) is 1.93. The van der Waals surface area contributed by atoms with Crippen LogP contribution < -0.4 is 5.32 Å². The first-order chi connectivity index (χ1) is 4.56. The highest BCUT2D eigenvalue weighted by Gasteiger charge is 2.10. The Bertz CT molecular complexity index is 80.7. The predicted octanol–water partition coefficient (Wildman–Crippen LogP) is 1.39. The second-order valence-corrected chi connectivity index (χ2v) is 3.27. The molecule has 0 rings (SSSR count). The van der Waals surface area contributed by atoms with Crippen LogP contribution in [0.5, 0.6) is 0 Å². The van der Waals surface area contributed by atoms with Crippen molar-refractivity contribution in [3.05, 3.63) is 0 Å². The van der Waals surface area contributed by atoms with E-state index in [0.29, 0.717) is 0 Å². The zero-order valence-electron chi connectivity index (χ0n) is 7.28. The third kappa shape index (κ3) is 7.92. The number of hydrogen-bond donors (Lipinski definition) is 2. The average Bonchev–Trinajstić information content (AvgIpc) is 1.78. The van der Waals surface area contributed by atoms with E-state index in [4.69, 9.17) is 0 Å². The molecule has 2 heteroatoms. The van der Waals surface area contributed by atoms with Crippen LogP contribution >= 0.6 is 0 Å². The van der Waals surface area contributed by atoms with Gasteiger partial charge in [0.1, 0.15) is 0 Å². The fourth-order valence-electron chi connectivity index (χ4n) is 0.823. The van der Waals surface area contributed by atoms with Crippen LogP contribution in [0.4, 0.5) is 0 Å². The fourth-order valence-corrected chi connectivity index (χ4v) is 0.823. The third-order valence-electron chi connectivity index (χ3n) is 1.39. The van der Waals surface area contributed by atoms with Gasteiger partial charge in [-0.2, -0.15) is 0 Å². The van der Waals surface area contributed by atoms with Crippen molar-refractivity contribution in [2.75, 3.05) is 13.1 Å². The molecule has 2 nitrogen and oxygen atoms in total. The van der Waals surface area contributed by atoms with Gasteiger partial charge < -0.3 is 10.4 Å². The number of aliphatic hydroxyl groups is 1. The highest BCUT2D eigenvalue weighted by Crippen LogP contribution is 2.08. The molecule has 0 fully saturated rings. The first kappa shape index (κ1) is 9.92. The van der Waals surface area contributed by atoms with E-state index in [1.807, 2.05) is 13.8 Å². The lowest BCUT2D eigenvalue weighted by atomic mass is 10.0. The molecule has 0 unspecified atom stereocenters. The van der Waals surface area contributed by atoms with Crippen LogP contribution in [-0.2, 0) is 0 Å². The van der Waals surface area contributed by atoms with E-state index in [1.165, 1.54) is 0 Å². The summed E-state index contributed by atoms with van der Waals surface area (Å²) in [7, 11) is 0. The summed E-state index contributed by atoms with van der Waals surface area (Å²) in [5, 5.41) is 12.5. The molecule has 0 atom stereocenters. The fraction of sp³-hybridized carbons (Fsp3) is 1.00. The minimum Gasteiger partial charge on any atom is -0.390 e. The molecule has 64 valence electrons. The van der Waals surface area contributed by atoms with Crippen LogP contribution in [0.3, 0.4) is 0 Å². The summed E-state index contributed by atoms with van der Waals surface area (Å²) in [6, 6.07) is 0. The van der Waals surface area contributed by atoms with Crippen LogP contribution in [0.25, 0.3) is 0 Å². The topological polar surface area (TPSA) is 32.3 Å². The first-order valence-corrected chi connectivity index (χ1v) is 3.99. The largest absolute Gasteiger partial charge is 0.390 e. The van der Waals surface area contributed by atoms with E-state index in [0.717, 1.165) is 25.9 Å². The van der Waals surface area contributed by atoms with Gasteiger partial charge in [-0.3, -0.25) is 0 Å². The Balaban J connectivity index is 0. The van der Waals surface area contributed by atoms with Crippen LogP contribution in [0.1, 0.15) is 35.0 Å². The molecule has 0 bridgehead atoms. The van der Waals surface area contributed by atoms with Gasteiger partial charge >= 0.3 is 0 Å². The molecule has 10 heavy (non-hydrogen) atoms. The normalized spacial score (nSPS) is 12.0. The second kappa shape index (κ2) is 4.69. The van der Waals surface area contributed by atoms with Gasteiger partial charge in [0, 0.05) is 1.43 Å². The lowest BCUT2D eigenvalue weighted by molar-refractivity contribution is 0.0689.